The van der Waals surface area contributed by atoms with Crippen molar-refractivity contribution in [2.24, 2.45) is 0 Å². The number of allylic oxidation sites excluding steroid dienone is 8. The number of nitrogens with one attached hydrogen (secondary N) is 2. The summed E-state index contributed by atoms with van der Waals surface area (Å²) in [5.41, 5.74) is 13.9. The van der Waals surface area contributed by atoms with Crippen LogP contribution in [0, 0.1) is 0 Å². The molecular formula is C48H63ClFN4O7+. The van der Waals surface area contributed by atoms with Crippen molar-refractivity contribution < 1.29 is 43.7 Å². The molecule has 0 radical (unpaired) electrons. The molecule has 330 valence electrons. The molecule has 0 bridgehead atoms. The van der Waals surface area contributed by atoms with Gasteiger partial charge in [-0.2, -0.15) is 4.58 Å². The molecule has 5 atom stereocenters. The van der Waals surface area contributed by atoms with E-state index in [4.69, 9.17) is 21.4 Å². The number of ether oxygens (including phenoxy) is 1. The number of hydrogen-bond acceptors (Lipinski definition) is 8. The first-order chi connectivity index (χ1) is 29.2. The molecule has 11 nitrogen and oxygen atoms in total. The van der Waals surface area contributed by atoms with Crippen LogP contribution in [0.25, 0.3) is 0 Å². The molecule has 1 amide bonds. The predicted octanol–water partition coefficient (Wildman–Crippen LogP) is 7.51. The Labute approximate surface area is 364 Å². The van der Waals surface area contributed by atoms with E-state index in [1.54, 1.807) is 0 Å². The van der Waals surface area contributed by atoms with Gasteiger partial charge in [-0.05, 0) is 87.6 Å². The highest BCUT2D eigenvalue weighted by Gasteiger charge is 2.46. The predicted molar refractivity (Wildman–Crippen MR) is 237 cm³/mol. The second-order valence-corrected chi connectivity index (χ2v) is 18.0. The van der Waals surface area contributed by atoms with Crippen LogP contribution in [-0.2, 0) is 25.2 Å². The van der Waals surface area contributed by atoms with Crippen LogP contribution in [0.3, 0.4) is 0 Å². The van der Waals surface area contributed by atoms with Gasteiger partial charge in [0, 0.05) is 65.3 Å². The van der Waals surface area contributed by atoms with Crippen LogP contribution in [0.15, 0.2) is 94.7 Å². The van der Waals surface area contributed by atoms with E-state index in [1.165, 1.54) is 33.9 Å². The number of fused-ring (bicyclic) bond motifs is 2. The van der Waals surface area contributed by atoms with E-state index in [0.29, 0.717) is 12.8 Å². The zero-order chi connectivity index (χ0) is 43.9. The summed E-state index contributed by atoms with van der Waals surface area (Å²) in [5, 5.41) is 39.1. The fourth-order valence-electron chi connectivity index (χ4n) is 9.20. The lowest BCUT2D eigenvalue weighted by Crippen LogP contribution is -2.63. The highest BCUT2D eigenvalue weighted by molar-refractivity contribution is 6.32. The van der Waals surface area contributed by atoms with Crippen LogP contribution in [-0.4, -0.2) is 93.0 Å². The standard InChI is InChI=1S/C48H62ClFN4O7/c1-47(2)33-18-9-11-20-35(33)53(28-13-5-7-22-40(56)51-52-46-43(50)45(60)44(59)37(30-55)61-46)38(47)26-24-31-16-15-17-32(42(31)49)25-27-39-48(3,4)34-19-10-12-21-36(34)54(39)29-14-6-8-23-41(57)58/h9-12,18-21,24-27,37,43-46,52,55,59-60H,5-8,13-17,22-23,28-30H2,1-4H3,(H-,51,56,57,58)/p+1/t37?,43?,44-,45-,46-/m1/s1/i50-1. The number of hydrogen-bond donors (Lipinski definition) is 6. The molecule has 0 aromatic heterocycles. The smallest absolute Gasteiger partial charge is 0.303 e. The normalized spacial score (nSPS) is 25.8. The number of amides is 1. The van der Waals surface area contributed by atoms with E-state index in [9.17, 15) is 29.3 Å². The van der Waals surface area contributed by atoms with Crippen LogP contribution in [0.4, 0.5) is 15.8 Å². The summed E-state index contributed by atoms with van der Waals surface area (Å²) in [7, 11) is 0. The molecule has 1 saturated heterocycles. The van der Waals surface area contributed by atoms with Gasteiger partial charge in [-0.3, -0.25) is 15.0 Å². The number of halogens is 2. The maximum absolute atomic E-state index is 14.5. The first-order valence-electron chi connectivity index (χ1n) is 21.8. The minimum absolute atomic E-state index is 0.195. The Morgan fingerprint density at radius 1 is 0.902 bits per heavy atom. The van der Waals surface area contributed by atoms with Crippen molar-refractivity contribution in [3.8, 4) is 0 Å². The zero-order valence-electron chi connectivity index (χ0n) is 35.9. The van der Waals surface area contributed by atoms with Gasteiger partial charge in [0.1, 0.15) is 24.9 Å². The summed E-state index contributed by atoms with van der Waals surface area (Å²) in [5.74, 6) is -1.11. The molecule has 2 unspecified atom stereocenters. The van der Waals surface area contributed by atoms with Crippen molar-refractivity contribution in [1.29, 1.82) is 0 Å². The fourth-order valence-corrected chi connectivity index (χ4v) is 9.51. The average molecular weight is 862 g/mol. The second-order valence-electron chi connectivity index (χ2n) is 17.7. The molecule has 3 aliphatic heterocycles. The number of benzene rings is 2. The van der Waals surface area contributed by atoms with E-state index >= 15 is 0 Å². The number of alkyl halides is 1. The Morgan fingerprint density at radius 3 is 2.36 bits per heavy atom. The summed E-state index contributed by atoms with van der Waals surface area (Å²) < 4.78 is 22.1. The monoisotopic (exact) mass is 860 g/mol. The Kier molecular flexibility index (Phi) is 15.5. The van der Waals surface area contributed by atoms with Crippen molar-refractivity contribution in [1.82, 2.24) is 10.9 Å². The van der Waals surface area contributed by atoms with Gasteiger partial charge < -0.3 is 30.1 Å². The van der Waals surface area contributed by atoms with Crippen LogP contribution < -0.4 is 15.8 Å². The molecule has 2 aromatic carbocycles. The summed E-state index contributed by atoms with van der Waals surface area (Å²) in [6, 6.07) is 17.0. The third-order valence-corrected chi connectivity index (χ3v) is 13.2. The SMILES string of the molecule is CC1(C)C(=CC=C2CCCC(C=CC3=[N+](CCCCCC(=O)NN[C@@H]4OC(CO)[C@@H](O)[C@H](O)C4[18F])c4ccccc4C3(C)C)=C2Cl)N(CCCCCC(=O)O)c2ccccc21. The van der Waals surface area contributed by atoms with Crippen molar-refractivity contribution in [3.05, 3.63) is 106 Å². The summed E-state index contributed by atoms with van der Waals surface area (Å²) >= 11 is 7.25. The lowest BCUT2D eigenvalue weighted by molar-refractivity contribution is -0.438. The van der Waals surface area contributed by atoms with Gasteiger partial charge in [-0.25, -0.2) is 9.82 Å². The third kappa shape index (κ3) is 10.4. The van der Waals surface area contributed by atoms with E-state index in [0.717, 1.165) is 74.2 Å². The first kappa shape index (κ1) is 46.3. The molecule has 4 aliphatic rings. The molecule has 1 fully saturated rings. The molecule has 6 N–H and O–H groups in total. The molecule has 3 heterocycles. The third-order valence-electron chi connectivity index (χ3n) is 12.7. The number of hydrazine groups is 1. The molecule has 0 saturated carbocycles. The number of rotatable bonds is 18. The van der Waals surface area contributed by atoms with Gasteiger partial charge >= 0.3 is 5.97 Å². The number of aliphatic hydroxyl groups excluding tert-OH is 3. The molecule has 2 aromatic rings. The number of unbranched alkanes of at least 4 members (excludes halogenated alkanes) is 4. The number of carboxylic acids is 1. The minimum atomic E-state index is -1.99. The summed E-state index contributed by atoms with van der Waals surface area (Å²) in [6.45, 7) is 9.98. The van der Waals surface area contributed by atoms with E-state index < -0.39 is 43.3 Å². The molecular weight excluding hydrogens is 798 g/mol. The fraction of sp³-hybridized carbons (Fsp3) is 0.521. The van der Waals surface area contributed by atoms with Crippen LogP contribution in [0.5, 0.6) is 0 Å². The van der Waals surface area contributed by atoms with Crippen LogP contribution >= 0.6 is 11.6 Å². The van der Waals surface area contributed by atoms with Crippen molar-refractivity contribution >= 4 is 40.6 Å². The van der Waals surface area contributed by atoms with Crippen molar-refractivity contribution in [2.45, 2.75) is 140 Å². The summed E-state index contributed by atoms with van der Waals surface area (Å²) in [6.07, 6.45) is 8.73. The number of carbonyl (C=O) groups is 2. The lowest BCUT2D eigenvalue weighted by Gasteiger charge is -2.38. The Bertz CT molecular complexity index is 2070. The van der Waals surface area contributed by atoms with Crippen molar-refractivity contribution in [3.63, 3.8) is 0 Å². The van der Waals surface area contributed by atoms with Crippen molar-refractivity contribution in [2.75, 3.05) is 24.6 Å². The quantitative estimate of drug-likeness (QED) is 0.0508. The molecule has 13 heteroatoms. The van der Waals surface area contributed by atoms with Gasteiger partial charge in [0.25, 0.3) is 0 Å². The van der Waals surface area contributed by atoms with Gasteiger partial charge in [0.05, 0.1) is 12.0 Å². The number of aliphatic carboxylic acids is 1. The van der Waals surface area contributed by atoms with Crippen LogP contribution in [0.2, 0.25) is 0 Å². The number of aliphatic hydroxyl groups is 3. The van der Waals surface area contributed by atoms with Crippen LogP contribution in [0.1, 0.15) is 109 Å². The molecule has 6 rings (SSSR count). The zero-order valence-corrected chi connectivity index (χ0v) is 36.6. The first-order valence-corrected chi connectivity index (χ1v) is 22.2. The van der Waals surface area contributed by atoms with Gasteiger partial charge in [-0.15, -0.1) is 0 Å². The number of anilines is 1. The summed E-state index contributed by atoms with van der Waals surface area (Å²) in [4.78, 5) is 26.1. The highest BCUT2D eigenvalue weighted by atomic mass is 35.5. The second kappa shape index (κ2) is 20.3. The lowest BCUT2D eigenvalue weighted by atomic mass is 9.81. The Balaban J connectivity index is 1.13. The maximum Gasteiger partial charge on any atom is 0.303 e. The maximum atomic E-state index is 14.5. The highest BCUT2D eigenvalue weighted by Crippen LogP contribution is 2.48. The Morgan fingerprint density at radius 2 is 1.61 bits per heavy atom. The number of para-hydroxylation sites is 2. The van der Waals surface area contributed by atoms with Gasteiger partial charge in [-0.1, -0.05) is 80.4 Å². The number of carboxylic acid groups (broad SMARTS) is 1. The van der Waals surface area contributed by atoms with Gasteiger partial charge in [0.15, 0.2) is 18.1 Å². The topological polar surface area (TPSA) is 155 Å². The largest absolute Gasteiger partial charge is 0.481 e. The minimum Gasteiger partial charge on any atom is -0.481 e. The van der Waals surface area contributed by atoms with E-state index in [-0.39, 0.29) is 29.6 Å². The Hall–Kier alpha value is -4.17. The average Bonchev–Trinajstić information content (AvgIpc) is 3.59. The molecule has 1 aliphatic carbocycles. The van der Waals surface area contributed by atoms with Gasteiger partial charge in [0.2, 0.25) is 11.6 Å². The van der Waals surface area contributed by atoms with E-state index in [1.807, 2.05) is 0 Å². The molecule has 61 heavy (non-hydrogen) atoms. The number of carbonyl (C=O) groups excluding carboxylic acids is 1. The number of nitrogens with zero attached hydrogens (tertiary/aromatic N) is 2. The van der Waals surface area contributed by atoms with E-state index in [2.05, 4.69) is 121 Å². The molecule has 0 spiro atoms.